The number of aryl methyl sites for hydroxylation is 1. The molecule has 5 heteroatoms. The quantitative estimate of drug-likeness (QED) is 0.526. The highest BCUT2D eigenvalue weighted by molar-refractivity contribution is 5.91. The maximum Gasteiger partial charge on any atom is 0.343 e. The Morgan fingerprint density at radius 2 is 1.82 bits per heavy atom. The van der Waals surface area contributed by atoms with Crippen LogP contribution in [-0.4, -0.2) is 24.1 Å². The number of esters is 2. The predicted molar refractivity (Wildman–Crippen MR) is 126 cm³/mol. The molecule has 0 aliphatic heterocycles. The van der Waals surface area contributed by atoms with Crippen molar-refractivity contribution >= 4 is 11.9 Å². The molecule has 0 aromatic heterocycles. The normalized spacial score (nSPS) is 32.3. The summed E-state index contributed by atoms with van der Waals surface area (Å²) in [4.78, 5) is 24.5. The average molecular weight is 448 g/mol. The number of ether oxygens (including phenoxy) is 2. The van der Waals surface area contributed by atoms with Gasteiger partial charge in [0.05, 0.1) is 12.1 Å². The first-order valence-corrected chi connectivity index (χ1v) is 12.2. The summed E-state index contributed by atoms with van der Waals surface area (Å²) in [6.45, 7) is 4.38. The van der Waals surface area contributed by atoms with E-state index in [9.17, 15) is 9.59 Å². The lowest BCUT2D eigenvalue weighted by molar-refractivity contribution is -0.174. The van der Waals surface area contributed by atoms with Gasteiger partial charge in [0.15, 0.2) is 0 Å². The number of hydrogen-bond donors (Lipinski definition) is 1. The molecular weight excluding hydrogens is 414 g/mol. The van der Waals surface area contributed by atoms with E-state index in [1.807, 2.05) is 24.3 Å². The third-order valence-electron chi connectivity index (χ3n) is 8.95. The van der Waals surface area contributed by atoms with Crippen LogP contribution >= 0.6 is 0 Å². The van der Waals surface area contributed by atoms with Crippen molar-refractivity contribution in [2.45, 2.75) is 63.9 Å². The number of carbonyl (C=O) groups excluding carboxylic acids is 2. The molecule has 0 radical (unpaired) electrons. The smallest absolute Gasteiger partial charge is 0.343 e. The first kappa shape index (κ1) is 22.1. The Balaban J connectivity index is 1.35. The van der Waals surface area contributed by atoms with E-state index in [4.69, 9.17) is 15.2 Å². The van der Waals surface area contributed by atoms with Crippen molar-refractivity contribution in [2.24, 2.45) is 23.0 Å². The molecular formula is C28H33NO4. The summed E-state index contributed by atoms with van der Waals surface area (Å²) < 4.78 is 11.6. The van der Waals surface area contributed by atoms with Crippen molar-refractivity contribution in [3.8, 4) is 5.75 Å². The Labute approximate surface area is 195 Å². The molecule has 5 rings (SSSR count). The zero-order chi connectivity index (χ0) is 23.2. The molecule has 0 bridgehead atoms. The molecule has 5 nitrogen and oxygen atoms in total. The molecule has 0 spiro atoms. The fourth-order valence-electron chi connectivity index (χ4n) is 7.05. The fourth-order valence-corrected chi connectivity index (χ4v) is 7.05. The second-order valence-electron chi connectivity index (χ2n) is 10.4. The number of rotatable bonds is 4. The van der Waals surface area contributed by atoms with Gasteiger partial charge in [-0.25, -0.2) is 4.79 Å². The van der Waals surface area contributed by atoms with Crippen molar-refractivity contribution in [3.63, 3.8) is 0 Å². The van der Waals surface area contributed by atoms with Crippen molar-refractivity contribution < 1.29 is 19.1 Å². The van der Waals surface area contributed by atoms with E-state index in [1.165, 1.54) is 11.1 Å². The van der Waals surface area contributed by atoms with Gasteiger partial charge in [-0.3, -0.25) is 4.79 Å². The van der Waals surface area contributed by atoms with E-state index in [0.717, 1.165) is 38.5 Å². The van der Waals surface area contributed by atoms with E-state index in [2.05, 4.69) is 26.0 Å². The monoisotopic (exact) mass is 447 g/mol. The summed E-state index contributed by atoms with van der Waals surface area (Å²) in [5.41, 5.74) is 8.36. The summed E-state index contributed by atoms with van der Waals surface area (Å²) in [5.74, 6) is 1.63. The van der Waals surface area contributed by atoms with Gasteiger partial charge in [-0.1, -0.05) is 31.2 Å². The van der Waals surface area contributed by atoms with Crippen LogP contribution in [-0.2, 0) is 16.0 Å². The van der Waals surface area contributed by atoms with Crippen LogP contribution in [0.2, 0.25) is 0 Å². The van der Waals surface area contributed by atoms with Gasteiger partial charge in [-0.05, 0) is 98.6 Å². The standard InChI is InChI=1S/C28H33NO4/c1-27-14-12-22-21-11-9-20(32-26(31)18-6-4-3-5-7-18)16-19(21)8-10-23(22)24(27)13-15-28(27,2)33-25(30)17-29/h3-7,9,11,16,22-24H,8,10,12-15,17,29H2,1-2H3/t22?,23?,24?,27-,28-/m0/s1. The van der Waals surface area contributed by atoms with E-state index < -0.39 is 5.60 Å². The van der Waals surface area contributed by atoms with Gasteiger partial charge in [0, 0.05) is 5.41 Å². The van der Waals surface area contributed by atoms with Crippen LogP contribution in [0.3, 0.4) is 0 Å². The Morgan fingerprint density at radius 1 is 1.03 bits per heavy atom. The summed E-state index contributed by atoms with van der Waals surface area (Å²) in [6, 6.07) is 15.3. The molecule has 3 aliphatic rings. The Morgan fingerprint density at radius 3 is 2.58 bits per heavy atom. The maximum absolute atomic E-state index is 12.5. The third kappa shape index (κ3) is 3.67. The second-order valence-corrected chi connectivity index (χ2v) is 10.4. The van der Waals surface area contributed by atoms with Crippen LogP contribution in [0.15, 0.2) is 48.5 Å². The highest BCUT2D eigenvalue weighted by atomic mass is 16.6. The minimum Gasteiger partial charge on any atom is -0.458 e. The van der Waals surface area contributed by atoms with Crippen LogP contribution in [0, 0.1) is 17.3 Å². The van der Waals surface area contributed by atoms with Crippen LogP contribution in [0.4, 0.5) is 0 Å². The topological polar surface area (TPSA) is 78.6 Å². The number of benzene rings is 2. The van der Waals surface area contributed by atoms with E-state index in [1.54, 1.807) is 12.1 Å². The molecule has 2 aromatic rings. The van der Waals surface area contributed by atoms with Crippen molar-refractivity contribution in [1.82, 2.24) is 0 Å². The summed E-state index contributed by atoms with van der Waals surface area (Å²) in [6.07, 6.45) is 6.23. The second kappa shape index (κ2) is 8.28. The van der Waals surface area contributed by atoms with Gasteiger partial charge >= 0.3 is 11.9 Å². The summed E-state index contributed by atoms with van der Waals surface area (Å²) in [7, 11) is 0. The molecule has 0 saturated heterocycles. The molecule has 0 amide bonds. The molecule has 2 fully saturated rings. The zero-order valence-corrected chi connectivity index (χ0v) is 19.5. The Bertz CT molecular complexity index is 1070. The number of fused-ring (bicyclic) bond motifs is 5. The molecule has 3 unspecified atom stereocenters. The van der Waals surface area contributed by atoms with Crippen molar-refractivity contribution in [2.75, 3.05) is 6.54 Å². The maximum atomic E-state index is 12.5. The van der Waals surface area contributed by atoms with E-state index in [0.29, 0.717) is 29.1 Å². The van der Waals surface area contributed by atoms with E-state index >= 15 is 0 Å². The molecule has 2 N–H and O–H groups in total. The minimum absolute atomic E-state index is 0.0122. The van der Waals surface area contributed by atoms with Gasteiger partial charge in [-0.15, -0.1) is 0 Å². The van der Waals surface area contributed by atoms with Crippen LogP contribution in [0.25, 0.3) is 0 Å². The van der Waals surface area contributed by atoms with Gasteiger partial charge in [0.1, 0.15) is 11.4 Å². The van der Waals surface area contributed by atoms with Crippen molar-refractivity contribution in [1.29, 1.82) is 0 Å². The molecule has 2 saturated carbocycles. The lowest BCUT2D eigenvalue weighted by Gasteiger charge is -2.53. The molecule has 0 heterocycles. The van der Waals surface area contributed by atoms with Crippen molar-refractivity contribution in [3.05, 3.63) is 65.2 Å². The largest absolute Gasteiger partial charge is 0.458 e. The molecule has 174 valence electrons. The highest BCUT2D eigenvalue weighted by Crippen LogP contribution is 2.65. The SMILES string of the molecule is C[C@]12CCC3c4ccc(OC(=O)c5ccccc5)cc4CCC3C1CC[C@]2(C)OC(=O)CN. The molecule has 2 aromatic carbocycles. The summed E-state index contributed by atoms with van der Waals surface area (Å²) in [5, 5.41) is 0. The third-order valence-corrected chi connectivity index (χ3v) is 8.95. The zero-order valence-electron chi connectivity index (χ0n) is 19.5. The van der Waals surface area contributed by atoms with Gasteiger partial charge < -0.3 is 15.2 Å². The molecule has 5 atom stereocenters. The van der Waals surface area contributed by atoms with E-state index in [-0.39, 0.29) is 23.9 Å². The number of nitrogens with two attached hydrogens (primary N) is 1. The molecule has 3 aliphatic carbocycles. The van der Waals surface area contributed by atoms with Gasteiger partial charge in [0.2, 0.25) is 0 Å². The van der Waals surface area contributed by atoms with Crippen LogP contribution < -0.4 is 10.5 Å². The first-order chi connectivity index (χ1) is 15.8. The predicted octanol–water partition coefficient (Wildman–Crippen LogP) is 5.02. The van der Waals surface area contributed by atoms with Crippen LogP contribution in [0.5, 0.6) is 5.75 Å². The van der Waals surface area contributed by atoms with Gasteiger partial charge in [0.25, 0.3) is 0 Å². The number of hydrogen-bond acceptors (Lipinski definition) is 5. The molecule has 33 heavy (non-hydrogen) atoms. The lowest BCUT2D eigenvalue weighted by atomic mass is 9.53. The average Bonchev–Trinajstić information content (AvgIpc) is 3.09. The lowest BCUT2D eigenvalue weighted by Crippen LogP contribution is -2.51. The first-order valence-electron chi connectivity index (χ1n) is 12.2. The minimum atomic E-state index is -0.436. The Kier molecular flexibility index (Phi) is 5.56. The fraction of sp³-hybridized carbons (Fsp3) is 0.500. The van der Waals surface area contributed by atoms with Gasteiger partial charge in [-0.2, -0.15) is 0 Å². The number of carbonyl (C=O) groups is 2. The highest BCUT2D eigenvalue weighted by Gasteiger charge is 2.61. The van der Waals surface area contributed by atoms with Crippen LogP contribution in [0.1, 0.15) is 73.4 Å². The summed E-state index contributed by atoms with van der Waals surface area (Å²) >= 11 is 0. The Hall–Kier alpha value is -2.66.